The maximum absolute atomic E-state index is 13.5. The first-order valence-corrected chi connectivity index (χ1v) is 11.9. The monoisotopic (exact) mass is 422 g/mol. The Labute approximate surface area is 187 Å². The van der Waals surface area contributed by atoms with Crippen LogP contribution in [0.3, 0.4) is 0 Å². The Kier molecular flexibility index (Phi) is 9.01. The van der Waals surface area contributed by atoms with Crippen molar-refractivity contribution in [3.8, 4) is 0 Å². The van der Waals surface area contributed by atoms with Gasteiger partial charge in [0.05, 0.1) is 0 Å². The standard InChI is InChI=1S/C26H38N4O/c1-3-30(2)26(16-4-5-17-26)25(31)29-24(14-6-10-22-12-8-18-27-20-22)15-7-11-23-13-9-19-28-21-23/h8-9,12-13,18-21,24H,3-7,10-11,14-17H2,1-2H3,(H,29,31). The minimum Gasteiger partial charge on any atom is -0.352 e. The lowest BCUT2D eigenvalue weighted by atomic mass is 9.92. The lowest BCUT2D eigenvalue weighted by Gasteiger charge is -2.38. The third-order valence-electron chi connectivity index (χ3n) is 6.88. The molecule has 0 aliphatic heterocycles. The first kappa shape index (κ1) is 23.4. The van der Waals surface area contributed by atoms with Gasteiger partial charge in [0, 0.05) is 30.8 Å². The molecule has 2 aromatic rings. The summed E-state index contributed by atoms with van der Waals surface area (Å²) < 4.78 is 0. The number of hydrogen-bond acceptors (Lipinski definition) is 4. The number of aromatic nitrogens is 2. The zero-order valence-electron chi connectivity index (χ0n) is 19.2. The van der Waals surface area contributed by atoms with Crippen LogP contribution in [-0.4, -0.2) is 45.9 Å². The molecule has 0 saturated heterocycles. The van der Waals surface area contributed by atoms with Gasteiger partial charge in [-0.25, -0.2) is 0 Å². The molecule has 5 heteroatoms. The summed E-state index contributed by atoms with van der Waals surface area (Å²) >= 11 is 0. The van der Waals surface area contributed by atoms with Crippen molar-refractivity contribution in [2.75, 3.05) is 13.6 Å². The number of likely N-dealkylation sites (N-methyl/N-ethyl adjacent to an activating group) is 1. The van der Waals surface area contributed by atoms with Gasteiger partial charge in [-0.2, -0.15) is 0 Å². The molecule has 0 aromatic carbocycles. The molecule has 168 valence electrons. The van der Waals surface area contributed by atoms with Crippen LogP contribution in [0.1, 0.15) is 69.4 Å². The number of rotatable bonds is 12. The van der Waals surface area contributed by atoms with Crippen molar-refractivity contribution >= 4 is 5.91 Å². The number of hydrogen-bond donors (Lipinski definition) is 1. The van der Waals surface area contributed by atoms with Crippen molar-refractivity contribution in [1.82, 2.24) is 20.2 Å². The zero-order chi connectivity index (χ0) is 21.9. The van der Waals surface area contributed by atoms with E-state index in [2.05, 4.69) is 46.3 Å². The maximum Gasteiger partial charge on any atom is 0.240 e. The van der Waals surface area contributed by atoms with E-state index in [9.17, 15) is 4.79 Å². The Morgan fingerprint density at radius 3 is 2.03 bits per heavy atom. The molecule has 1 amide bonds. The molecule has 0 bridgehead atoms. The van der Waals surface area contributed by atoms with E-state index in [0.29, 0.717) is 0 Å². The number of aryl methyl sites for hydroxylation is 2. The van der Waals surface area contributed by atoms with Gasteiger partial charge in [0.1, 0.15) is 5.54 Å². The Hall–Kier alpha value is -2.27. The molecule has 0 spiro atoms. The molecule has 0 radical (unpaired) electrons. The molecule has 1 aliphatic carbocycles. The van der Waals surface area contributed by atoms with E-state index in [1.807, 2.05) is 36.9 Å². The number of carbonyl (C=O) groups is 1. The molecule has 0 atom stereocenters. The molecule has 2 heterocycles. The molecule has 3 rings (SSSR count). The molecule has 2 aromatic heterocycles. The van der Waals surface area contributed by atoms with Gasteiger partial charge < -0.3 is 5.32 Å². The second-order valence-electron chi connectivity index (χ2n) is 8.93. The SMILES string of the molecule is CCN(C)C1(C(=O)NC(CCCc2cccnc2)CCCc2cccnc2)CCCC1. The van der Waals surface area contributed by atoms with Gasteiger partial charge in [0.25, 0.3) is 0 Å². The molecule has 5 nitrogen and oxygen atoms in total. The van der Waals surface area contributed by atoms with Crippen molar-refractivity contribution in [2.24, 2.45) is 0 Å². The smallest absolute Gasteiger partial charge is 0.240 e. The molecular weight excluding hydrogens is 384 g/mol. The first-order chi connectivity index (χ1) is 15.1. The number of carbonyl (C=O) groups excluding carboxylic acids is 1. The summed E-state index contributed by atoms with van der Waals surface area (Å²) in [4.78, 5) is 24.2. The third kappa shape index (κ3) is 6.60. The summed E-state index contributed by atoms with van der Waals surface area (Å²) in [6, 6.07) is 8.46. The van der Waals surface area contributed by atoms with Crippen molar-refractivity contribution in [1.29, 1.82) is 0 Å². The largest absolute Gasteiger partial charge is 0.352 e. The highest BCUT2D eigenvalue weighted by Crippen LogP contribution is 2.35. The maximum atomic E-state index is 13.5. The van der Waals surface area contributed by atoms with Crippen LogP contribution in [-0.2, 0) is 17.6 Å². The second-order valence-corrected chi connectivity index (χ2v) is 8.93. The highest BCUT2D eigenvalue weighted by molar-refractivity contribution is 5.86. The number of amides is 1. The van der Waals surface area contributed by atoms with Gasteiger partial charge in [-0.05, 0) is 88.2 Å². The van der Waals surface area contributed by atoms with E-state index in [-0.39, 0.29) is 17.5 Å². The van der Waals surface area contributed by atoms with Gasteiger partial charge in [-0.3, -0.25) is 19.7 Å². The predicted octanol–water partition coefficient (Wildman–Crippen LogP) is 4.57. The fourth-order valence-corrected chi connectivity index (χ4v) is 4.85. The van der Waals surface area contributed by atoms with Crippen LogP contribution in [0.4, 0.5) is 0 Å². The summed E-state index contributed by atoms with van der Waals surface area (Å²) in [5.74, 6) is 0.238. The molecule has 0 unspecified atom stereocenters. The molecule has 1 fully saturated rings. The number of pyridine rings is 2. The Morgan fingerprint density at radius 2 is 1.58 bits per heavy atom. The quantitative estimate of drug-likeness (QED) is 0.544. The predicted molar refractivity (Wildman–Crippen MR) is 126 cm³/mol. The molecule has 1 aliphatic rings. The Morgan fingerprint density at radius 1 is 1.03 bits per heavy atom. The van der Waals surface area contributed by atoms with Crippen LogP contribution >= 0.6 is 0 Å². The fraction of sp³-hybridized carbons (Fsp3) is 0.577. The van der Waals surface area contributed by atoms with Crippen LogP contribution in [0.2, 0.25) is 0 Å². The van der Waals surface area contributed by atoms with E-state index in [1.54, 1.807) is 0 Å². The minimum absolute atomic E-state index is 0.212. The van der Waals surface area contributed by atoms with Crippen LogP contribution in [0.5, 0.6) is 0 Å². The highest BCUT2D eigenvalue weighted by atomic mass is 16.2. The average molecular weight is 423 g/mol. The van der Waals surface area contributed by atoms with E-state index in [4.69, 9.17) is 0 Å². The van der Waals surface area contributed by atoms with Crippen molar-refractivity contribution in [3.05, 3.63) is 60.2 Å². The van der Waals surface area contributed by atoms with Gasteiger partial charge in [0.2, 0.25) is 5.91 Å². The van der Waals surface area contributed by atoms with Crippen molar-refractivity contribution < 1.29 is 4.79 Å². The van der Waals surface area contributed by atoms with Crippen LogP contribution in [0.15, 0.2) is 49.1 Å². The van der Waals surface area contributed by atoms with Gasteiger partial charge in [0.15, 0.2) is 0 Å². The number of nitrogens with one attached hydrogen (secondary N) is 1. The molecule has 1 N–H and O–H groups in total. The summed E-state index contributed by atoms with van der Waals surface area (Å²) in [6.45, 7) is 3.05. The van der Waals surface area contributed by atoms with Crippen LogP contribution in [0.25, 0.3) is 0 Å². The molecular formula is C26H38N4O. The third-order valence-corrected chi connectivity index (χ3v) is 6.88. The normalized spacial score (nSPS) is 15.5. The Balaban J connectivity index is 1.59. The summed E-state index contributed by atoms with van der Waals surface area (Å²) in [5.41, 5.74) is 2.21. The summed E-state index contributed by atoms with van der Waals surface area (Å²) in [7, 11) is 2.10. The van der Waals surface area contributed by atoms with Gasteiger partial charge in [-0.1, -0.05) is 31.9 Å². The Bertz CT molecular complexity index is 729. The summed E-state index contributed by atoms with van der Waals surface area (Å²) in [5, 5.41) is 3.48. The number of nitrogens with zero attached hydrogens (tertiary/aromatic N) is 3. The zero-order valence-corrected chi connectivity index (χ0v) is 19.2. The minimum atomic E-state index is -0.320. The second kappa shape index (κ2) is 11.9. The van der Waals surface area contributed by atoms with Crippen molar-refractivity contribution in [3.63, 3.8) is 0 Å². The van der Waals surface area contributed by atoms with Crippen molar-refractivity contribution in [2.45, 2.75) is 82.7 Å². The molecule has 1 saturated carbocycles. The van der Waals surface area contributed by atoms with Gasteiger partial charge in [-0.15, -0.1) is 0 Å². The fourth-order valence-electron chi connectivity index (χ4n) is 4.85. The summed E-state index contributed by atoms with van der Waals surface area (Å²) in [6.07, 6.45) is 17.9. The van der Waals surface area contributed by atoms with E-state index >= 15 is 0 Å². The average Bonchev–Trinajstić information content (AvgIpc) is 3.31. The lowest BCUT2D eigenvalue weighted by Crippen LogP contribution is -2.57. The lowest BCUT2D eigenvalue weighted by molar-refractivity contribution is -0.133. The van der Waals surface area contributed by atoms with Crippen LogP contribution in [0, 0.1) is 0 Å². The highest BCUT2D eigenvalue weighted by Gasteiger charge is 2.44. The van der Waals surface area contributed by atoms with Crippen LogP contribution < -0.4 is 5.32 Å². The molecule has 31 heavy (non-hydrogen) atoms. The first-order valence-electron chi connectivity index (χ1n) is 11.9. The van der Waals surface area contributed by atoms with Gasteiger partial charge >= 0.3 is 0 Å². The van der Waals surface area contributed by atoms with E-state index in [0.717, 1.165) is 70.8 Å². The van der Waals surface area contributed by atoms with E-state index in [1.165, 1.54) is 11.1 Å². The topological polar surface area (TPSA) is 58.1 Å². The van der Waals surface area contributed by atoms with E-state index < -0.39 is 0 Å².